The Bertz CT molecular complexity index is 165. The Hall–Kier alpha value is -1.09. The Morgan fingerprint density at radius 1 is 1.50 bits per heavy atom. The maximum atomic E-state index is 11.2. The second-order valence-corrected chi connectivity index (χ2v) is 2.50. The van der Waals surface area contributed by atoms with Crippen molar-refractivity contribution in [3.63, 3.8) is 0 Å². The van der Waals surface area contributed by atoms with Crippen LogP contribution in [-0.4, -0.2) is 35.1 Å². The first-order chi connectivity index (χ1) is 5.63. The number of carbonyl (C=O) groups excluding carboxylic acids is 1. The summed E-state index contributed by atoms with van der Waals surface area (Å²) in [4.78, 5) is 12.7. The molecule has 0 aromatic rings. The molecule has 0 aliphatic carbocycles. The summed E-state index contributed by atoms with van der Waals surface area (Å²) >= 11 is 0. The third kappa shape index (κ3) is 3.34. The van der Waals surface area contributed by atoms with Gasteiger partial charge in [-0.1, -0.05) is 12.2 Å². The summed E-state index contributed by atoms with van der Waals surface area (Å²) in [6, 6.07) is 0. The summed E-state index contributed by atoms with van der Waals surface area (Å²) in [7, 11) is 0. The van der Waals surface area contributed by atoms with Crippen LogP contribution in [0.3, 0.4) is 0 Å². The number of carbonyl (C=O) groups is 1. The lowest BCUT2D eigenvalue weighted by Crippen LogP contribution is -2.37. The third-order valence-corrected chi connectivity index (χ3v) is 1.37. The number of aliphatic hydroxyl groups excluding tert-OH is 1. The molecule has 0 bridgehead atoms. The maximum Gasteiger partial charge on any atom is 0.251 e. The normalized spacial score (nSPS) is 11.8. The Labute approximate surface area is 73.0 Å². The molecule has 1 atom stereocenters. The highest BCUT2D eigenvalue weighted by Gasteiger charge is 2.15. The van der Waals surface area contributed by atoms with Gasteiger partial charge in [-0.25, -0.2) is 0 Å². The second-order valence-electron chi connectivity index (χ2n) is 2.50. The Morgan fingerprint density at radius 2 is 1.92 bits per heavy atom. The van der Waals surface area contributed by atoms with Gasteiger partial charge in [0.15, 0.2) is 0 Å². The van der Waals surface area contributed by atoms with Crippen molar-refractivity contribution in [1.29, 1.82) is 0 Å². The Balaban J connectivity index is 4.17. The monoisotopic (exact) mass is 169 g/mol. The third-order valence-electron chi connectivity index (χ3n) is 1.37. The first kappa shape index (κ1) is 10.9. The van der Waals surface area contributed by atoms with E-state index in [0.717, 1.165) is 0 Å². The number of nitrogens with zero attached hydrogens (tertiary/aromatic N) is 1. The molecular formula is C9H15NO2. The van der Waals surface area contributed by atoms with Crippen LogP contribution in [0, 0.1) is 0 Å². The van der Waals surface area contributed by atoms with Crippen LogP contribution < -0.4 is 0 Å². The molecule has 1 amide bonds. The van der Waals surface area contributed by atoms with Gasteiger partial charge in [0.2, 0.25) is 0 Å². The van der Waals surface area contributed by atoms with E-state index < -0.39 is 6.10 Å². The van der Waals surface area contributed by atoms with Crippen LogP contribution in [0.15, 0.2) is 25.3 Å². The fraction of sp³-hybridized carbons (Fsp3) is 0.444. The van der Waals surface area contributed by atoms with E-state index >= 15 is 0 Å². The van der Waals surface area contributed by atoms with E-state index in [9.17, 15) is 4.79 Å². The molecule has 1 N–H and O–H groups in total. The number of aliphatic hydroxyl groups is 1. The fourth-order valence-electron chi connectivity index (χ4n) is 0.830. The van der Waals surface area contributed by atoms with Crippen LogP contribution in [-0.2, 0) is 4.79 Å². The molecule has 0 fully saturated rings. The Kier molecular flexibility index (Phi) is 5.04. The number of rotatable bonds is 5. The number of amides is 1. The van der Waals surface area contributed by atoms with E-state index in [4.69, 9.17) is 5.11 Å². The summed E-state index contributed by atoms with van der Waals surface area (Å²) < 4.78 is 0. The summed E-state index contributed by atoms with van der Waals surface area (Å²) in [6.07, 6.45) is 2.28. The van der Waals surface area contributed by atoms with Gasteiger partial charge >= 0.3 is 0 Å². The largest absolute Gasteiger partial charge is 0.384 e. The number of hydrogen-bond donors (Lipinski definition) is 1. The van der Waals surface area contributed by atoms with Crippen LogP contribution in [0.5, 0.6) is 0 Å². The first-order valence-corrected chi connectivity index (χ1v) is 3.82. The highest BCUT2D eigenvalue weighted by atomic mass is 16.3. The lowest BCUT2D eigenvalue weighted by molar-refractivity contribution is -0.138. The zero-order valence-electron chi connectivity index (χ0n) is 7.36. The minimum Gasteiger partial charge on any atom is -0.384 e. The van der Waals surface area contributed by atoms with Gasteiger partial charge in [-0.15, -0.1) is 13.2 Å². The topological polar surface area (TPSA) is 40.5 Å². The van der Waals surface area contributed by atoms with Crippen molar-refractivity contribution in [3.05, 3.63) is 25.3 Å². The van der Waals surface area contributed by atoms with Crippen molar-refractivity contribution in [2.45, 2.75) is 13.0 Å². The zero-order chi connectivity index (χ0) is 9.56. The minimum atomic E-state index is -0.954. The average molecular weight is 169 g/mol. The molecule has 12 heavy (non-hydrogen) atoms. The Morgan fingerprint density at radius 3 is 2.17 bits per heavy atom. The van der Waals surface area contributed by atoms with Crippen LogP contribution in [0.1, 0.15) is 6.92 Å². The molecule has 0 aromatic carbocycles. The molecule has 0 saturated carbocycles. The maximum absolute atomic E-state index is 11.2. The summed E-state index contributed by atoms with van der Waals surface area (Å²) in [5.74, 6) is -0.296. The van der Waals surface area contributed by atoms with Crippen molar-refractivity contribution in [1.82, 2.24) is 4.90 Å². The van der Waals surface area contributed by atoms with Crippen molar-refractivity contribution in [2.75, 3.05) is 13.1 Å². The van der Waals surface area contributed by atoms with Crippen LogP contribution >= 0.6 is 0 Å². The predicted molar refractivity (Wildman–Crippen MR) is 48.7 cm³/mol. The van der Waals surface area contributed by atoms with Crippen molar-refractivity contribution < 1.29 is 9.90 Å². The lowest BCUT2D eigenvalue weighted by Gasteiger charge is -2.20. The van der Waals surface area contributed by atoms with E-state index in [-0.39, 0.29) is 5.91 Å². The van der Waals surface area contributed by atoms with E-state index in [2.05, 4.69) is 13.2 Å². The standard InChI is InChI=1S/C9H15NO2/c1-4-6-10(7-5-2)9(12)8(3)11/h4-5,8,11H,1-2,6-7H2,3H3. The predicted octanol–water partition coefficient (Wildman–Crippen LogP) is 0.568. The van der Waals surface area contributed by atoms with Gasteiger partial charge in [-0.2, -0.15) is 0 Å². The second kappa shape index (κ2) is 5.55. The first-order valence-electron chi connectivity index (χ1n) is 3.82. The van der Waals surface area contributed by atoms with E-state index in [1.807, 2.05) is 0 Å². The molecule has 3 nitrogen and oxygen atoms in total. The summed E-state index contributed by atoms with van der Waals surface area (Å²) in [5.41, 5.74) is 0. The zero-order valence-corrected chi connectivity index (χ0v) is 7.36. The molecule has 0 aliphatic rings. The quantitative estimate of drug-likeness (QED) is 0.611. The molecule has 0 aromatic heterocycles. The van der Waals surface area contributed by atoms with Crippen LogP contribution in [0.4, 0.5) is 0 Å². The molecular weight excluding hydrogens is 154 g/mol. The SMILES string of the molecule is C=CCN(CC=C)C(=O)C(C)O. The average Bonchev–Trinajstić information content (AvgIpc) is 2.03. The molecule has 0 heterocycles. The van der Waals surface area contributed by atoms with Gasteiger partial charge in [0.05, 0.1) is 0 Å². The highest BCUT2D eigenvalue weighted by molar-refractivity contribution is 5.80. The molecule has 3 heteroatoms. The lowest BCUT2D eigenvalue weighted by atomic mass is 10.3. The molecule has 0 spiro atoms. The van der Waals surface area contributed by atoms with Gasteiger partial charge in [-0.3, -0.25) is 4.79 Å². The molecule has 0 radical (unpaired) electrons. The van der Waals surface area contributed by atoms with E-state index in [1.165, 1.54) is 11.8 Å². The van der Waals surface area contributed by atoms with Crippen LogP contribution in [0.2, 0.25) is 0 Å². The van der Waals surface area contributed by atoms with Gasteiger partial charge in [0.25, 0.3) is 5.91 Å². The van der Waals surface area contributed by atoms with Crippen LogP contribution in [0.25, 0.3) is 0 Å². The summed E-state index contributed by atoms with van der Waals surface area (Å²) in [6.45, 7) is 9.36. The molecule has 0 saturated heterocycles. The fourth-order valence-corrected chi connectivity index (χ4v) is 0.830. The smallest absolute Gasteiger partial charge is 0.251 e. The van der Waals surface area contributed by atoms with Crippen molar-refractivity contribution in [2.24, 2.45) is 0 Å². The van der Waals surface area contributed by atoms with Gasteiger partial charge in [0.1, 0.15) is 6.10 Å². The molecule has 68 valence electrons. The van der Waals surface area contributed by atoms with Gasteiger partial charge in [0, 0.05) is 13.1 Å². The molecule has 0 aliphatic heterocycles. The number of hydrogen-bond acceptors (Lipinski definition) is 2. The molecule has 1 unspecified atom stereocenters. The van der Waals surface area contributed by atoms with Crippen molar-refractivity contribution >= 4 is 5.91 Å². The van der Waals surface area contributed by atoms with Gasteiger partial charge < -0.3 is 10.0 Å². The van der Waals surface area contributed by atoms with Gasteiger partial charge in [-0.05, 0) is 6.92 Å². The molecule has 0 rings (SSSR count). The van der Waals surface area contributed by atoms with E-state index in [0.29, 0.717) is 13.1 Å². The summed E-state index contributed by atoms with van der Waals surface area (Å²) in [5, 5.41) is 8.98. The minimum absolute atomic E-state index is 0.296. The highest BCUT2D eigenvalue weighted by Crippen LogP contribution is 1.95. The van der Waals surface area contributed by atoms with E-state index in [1.54, 1.807) is 12.2 Å². The van der Waals surface area contributed by atoms with Crippen molar-refractivity contribution in [3.8, 4) is 0 Å².